The molecule has 4 heteroatoms. The first-order valence-corrected chi connectivity index (χ1v) is 7.08. The zero-order valence-electron chi connectivity index (χ0n) is 11.2. The highest BCUT2D eigenvalue weighted by molar-refractivity contribution is 5.59. The smallest absolute Gasteiger partial charge is 0.146 e. The van der Waals surface area contributed by atoms with E-state index in [4.69, 9.17) is 5.73 Å². The molecular formula is C15H21FN2O. The molecule has 3 rings (SSSR count). The van der Waals surface area contributed by atoms with E-state index in [1.807, 2.05) is 13.0 Å². The predicted octanol–water partition coefficient (Wildman–Crippen LogP) is 2.34. The maximum absolute atomic E-state index is 14.3. The summed E-state index contributed by atoms with van der Waals surface area (Å²) < 4.78 is 14.3. The number of benzene rings is 1. The quantitative estimate of drug-likeness (QED) is 0.862. The number of hydrogen-bond acceptors (Lipinski definition) is 3. The van der Waals surface area contributed by atoms with Crippen molar-refractivity contribution < 1.29 is 9.50 Å². The molecule has 3 N–H and O–H groups in total. The Labute approximate surface area is 113 Å². The summed E-state index contributed by atoms with van der Waals surface area (Å²) in [6, 6.07) is 5.46. The number of rotatable bonds is 2. The number of fused-ring (bicyclic) bond motifs is 2. The number of halogens is 1. The normalized spacial score (nSPS) is 31.6. The standard InChI is InChI=1S/C15H21FN2O/c1-9(17)13-3-2-4-14(16)15(13)18-10-5-6-11(18)8-12(19)7-10/h2-4,9-12,19H,5-8,17H2,1H3. The molecule has 3 atom stereocenters. The molecule has 19 heavy (non-hydrogen) atoms. The lowest BCUT2D eigenvalue weighted by molar-refractivity contribution is 0.126. The molecule has 0 aliphatic carbocycles. The van der Waals surface area contributed by atoms with Gasteiger partial charge in [0.25, 0.3) is 0 Å². The molecule has 0 aromatic heterocycles. The molecule has 2 fully saturated rings. The number of nitrogens with zero attached hydrogens (tertiary/aromatic N) is 1. The minimum Gasteiger partial charge on any atom is -0.393 e. The molecule has 3 nitrogen and oxygen atoms in total. The van der Waals surface area contributed by atoms with Crippen LogP contribution in [-0.4, -0.2) is 23.3 Å². The molecule has 2 aliphatic heterocycles. The Balaban J connectivity index is 2.03. The molecule has 2 heterocycles. The van der Waals surface area contributed by atoms with E-state index in [1.165, 1.54) is 6.07 Å². The van der Waals surface area contributed by atoms with Gasteiger partial charge in [-0.1, -0.05) is 12.1 Å². The predicted molar refractivity (Wildman–Crippen MR) is 73.5 cm³/mol. The van der Waals surface area contributed by atoms with Gasteiger partial charge in [-0.3, -0.25) is 0 Å². The number of hydrogen-bond donors (Lipinski definition) is 2. The molecule has 0 amide bonds. The zero-order valence-corrected chi connectivity index (χ0v) is 11.2. The van der Waals surface area contributed by atoms with Crippen LogP contribution >= 0.6 is 0 Å². The summed E-state index contributed by atoms with van der Waals surface area (Å²) in [5.74, 6) is -0.192. The Morgan fingerprint density at radius 3 is 2.53 bits per heavy atom. The van der Waals surface area contributed by atoms with Gasteiger partial charge in [0.15, 0.2) is 0 Å². The first-order chi connectivity index (χ1) is 9.08. The van der Waals surface area contributed by atoms with E-state index in [-0.39, 0.29) is 30.0 Å². The third kappa shape index (κ3) is 2.13. The molecule has 2 saturated heterocycles. The van der Waals surface area contributed by atoms with E-state index in [0.717, 1.165) is 31.2 Å². The maximum atomic E-state index is 14.3. The van der Waals surface area contributed by atoms with Crippen molar-refractivity contribution in [2.45, 2.75) is 56.8 Å². The molecule has 3 unspecified atom stereocenters. The van der Waals surface area contributed by atoms with Gasteiger partial charge in [0.1, 0.15) is 5.82 Å². The molecule has 2 aliphatic rings. The van der Waals surface area contributed by atoms with E-state index in [9.17, 15) is 9.50 Å². The van der Waals surface area contributed by atoms with Crippen LogP contribution in [0.1, 0.15) is 44.2 Å². The van der Waals surface area contributed by atoms with Gasteiger partial charge in [0.2, 0.25) is 0 Å². The Bertz CT molecular complexity index is 463. The second-order valence-corrected chi connectivity index (χ2v) is 5.88. The number of anilines is 1. The van der Waals surface area contributed by atoms with E-state index >= 15 is 0 Å². The van der Waals surface area contributed by atoms with Gasteiger partial charge in [0.05, 0.1) is 11.8 Å². The lowest BCUT2D eigenvalue weighted by Crippen LogP contribution is -2.45. The van der Waals surface area contributed by atoms with Crippen LogP contribution in [0.2, 0.25) is 0 Å². The van der Waals surface area contributed by atoms with Crippen LogP contribution in [0.5, 0.6) is 0 Å². The van der Waals surface area contributed by atoms with Gasteiger partial charge in [-0.25, -0.2) is 4.39 Å². The molecule has 0 spiro atoms. The minimum atomic E-state index is -0.237. The Hall–Kier alpha value is -1.13. The number of aliphatic hydroxyl groups excluding tert-OH is 1. The van der Waals surface area contributed by atoms with Crippen molar-refractivity contribution in [2.75, 3.05) is 4.90 Å². The average molecular weight is 264 g/mol. The van der Waals surface area contributed by atoms with Gasteiger partial charge >= 0.3 is 0 Å². The fourth-order valence-electron chi connectivity index (χ4n) is 3.69. The van der Waals surface area contributed by atoms with Crippen molar-refractivity contribution >= 4 is 5.69 Å². The van der Waals surface area contributed by atoms with Crippen molar-refractivity contribution in [3.63, 3.8) is 0 Å². The monoisotopic (exact) mass is 264 g/mol. The van der Waals surface area contributed by atoms with Crippen molar-refractivity contribution in [1.29, 1.82) is 0 Å². The van der Waals surface area contributed by atoms with E-state index in [1.54, 1.807) is 6.07 Å². The topological polar surface area (TPSA) is 49.5 Å². The third-order valence-electron chi connectivity index (χ3n) is 4.47. The van der Waals surface area contributed by atoms with Crippen molar-refractivity contribution in [3.05, 3.63) is 29.6 Å². The van der Waals surface area contributed by atoms with Crippen LogP contribution in [0.15, 0.2) is 18.2 Å². The summed E-state index contributed by atoms with van der Waals surface area (Å²) in [6.07, 6.45) is 3.31. The van der Waals surface area contributed by atoms with E-state index < -0.39 is 0 Å². The van der Waals surface area contributed by atoms with Gasteiger partial charge in [-0.2, -0.15) is 0 Å². The van der Waals surface area contributed by atoms with Crippen LogP contribution < -0.4 is 10.6 Å². The van der Waals surface area contributed by atoms with E-state index in [2.05, 4.69) is 4.90 Å². The fourth-order valence-corrected chi connectivity index (χ4v) is 3.69. The summed E-state index contributed by atoms with van der Waals surface area (Å²) in [5.41, 5.74) is 7.52. The highest BCUT2D eigenvalue weighted by atomic mass is 19.1. The SMILES string of the molecule is CC(N)c1cccc(F)c1N1C2CCC1CC(O)C2. The third-order valence-corrected chi connectivity index (χ3v) is 4.47. The second-order valence-electron chi connectivity index (χ2n) is 5.88. The van der Waals surface area contributed by atoms with Gasteiger partial charge in [0, 0.05) is 18.1 Å². The summed E-state index contributed by atoms with van der Waals surface area (Å²) in [5, 5.41) is 9.86. The van der Waals surface area contributed by atoms with Crippen molar-refractivity contribution in [1.82, 2.24) is 0 Å². The first kappa shape index (κ1) is 12.9. The average Bonchev–Trinajstić information content (AvgIpc) is 2.61. The van der Waals surface area contributed by atoms with Gasteiger partial charge in [-0.15, -0.1) is 0 Å². The molecule has 1 aromatic rings. The summed E-state index contributed by atoms with van der Waals surface area (Å²) in [7, 11) is 0. The van der Waals surface area contributed by atoms with Crippen LogP contribution in [0, 0.1) is 5.82 Å². The number of aliphatic hydroxyl groups is 1. The highest BCUT2D eigenvalue weighted by Gasteiger charge is 2.42. The van der Waals surface area contributed by atoms with Crippen molar-refractivity contribution in [2.24, 2.45) is 5.73 Å². The number of para-hydroxylation sites is 1. The number of nitrogens with two attached hydrogens (primary N) is 1. The van der Waals surface area contributed by atoms with Gasteiger partial charge < -0.3 is 15.7 Å². The molecule has 104 valence electrons. The van der Waals surface area contributed by atoms with Gasteiger partial charge in [-0.05, 0) is 44.2 Å². The second kappa shape index (κ2) is 4.76. The Morgan fingerprint density at radius 1 is 1.32 bits per heavy atom. The largest absolute Gasteiger partial charge is 0.393 e. The summed E-state index contributed by atoms with van der Waals surface area (Å²) in [4.78, 5) is 2.18. The van der Waals surface area contributed by atoms with Crippen LogP contribution in [0.4, 0.5) is 10.1 Å². The molecule has 0 radical (unpaired) electrons. The highest BCUT2D eigenvalue weighted by Crippen LogP contribution is 2.42. The number of piperidine rings is 1. The summed E-state index contributed by atoms with van der Waals surface area (Å²) in [6.45, 7) is 1.89. The summed E-state index contributed by atoms with van der Waals surface area (Å²) >= 11 is 0. The van der Waals surface area contributed by atoms with Crippen LogP contribution in [0.3, 0.4) is 0 Å². The molecule has 0 saturated carbocycles. The molecule has 2 bridgehead atoms. The Morgan fingerprint density at radius 2 is 1.95 bits per heavy atom. The van der Waals surface area contributed by atoms with Crippen molar-refractivity contribution in [3.8, 4) is 0 Å². The Kier molecular flexibility index (Phi) is 3.23. The minimum absolute atomic E-state index is 0.183. The lowest BCUT2D eigenvalue weighted by atomic mass is 9.96. The molecule has 1 aromatic carbocycles. The lowest BCUT2D eigenvalue weighted by Gasteiger charge is -2.40. The fraction of sp³-hybridized carbons (Fsp3) is 0.600. The first-order valence-electron chi connectivity index (χ1n) is 7.08. The van der Waals surface area contributed by atoms with E-state index in [0.29, 0.717) is 5.69 Å². The van der Waals surface area contributed by atoms with Crippen LogP contribution in [-0.2, 0) is 0 Å². The zero-order chi connectivity index (χ0) is 13.6. The van der Waals surface area contributed by atoms with Crippen LogP contribution in [0.25, 0.3) is 0 Å². The molecular weight excluding hydrogens is 243 g/mol. The maximum Gasteiger partial charge on any atom is 0.146 e.